The molecule has 0 spiro atoms. The van der Waals surface area contributed by atoms with Crippen molar-refractivity contribution >= 4 is 5.69 Å². The Morgan fingerprint density at radius 2 is 2.00 bits per heavy atom. The molecule has 4 nitrogen and oxygen atoms in total. The highest BCUT2D eigenvalue weighted by Crippen LogP contribution is 2.28. The maximum atomic E-state index is 5.91. The molecule has 0 bridgehead atoms. The van der Waals surface area contributed by atoms with Gasteiger partial charge in [-0.3, -0.25) is 0 Å². The number of rotatable bonds is 5. The first-order valence-corrected chi connectivity index (χ1v) is 6.71. The van der Waals surface area contributed by atoms with E-state index in [-0.39, 0.29) is 0 Å². The first-order chi connectivity index (χ1) is 9.18. The lowest BCUT2D eigenvalue weighted by Crippen LogP contribution is -2.43. The summed E-state index contributed by atoms with van der Waals surface area (Å²) in [5.41, 5.74) is 2.14. The molecule has 1 aliphatic rings. The van der Waals surface area contributed by atoms with Crippen LogP contribution in [0.2, 0.25) is 0 Å². The van der Waals surface area contributed by atoms with Crippen LogP contribution in [0, 0.1) is 0 Å². The monoisotopic (exact) mass is 261 g/mol. The van der Waals surface area contributed by atoms with Crippen LogP contribution in [0.5, 0.6) is 5.75 Å². The number of anilines is 1. The molecule has 1 aromatic rings. The standard InChI is InChI=1S/C15H23N3O/c1-13(17(2)3)12-19-15-7-5-4-6-14(15)18-10-8-16-9-11-18/h4-7,16H,1,8-12H2,2-3H3. The molecule has 1 heterocycles. The predicted octanol–water partition coefficient (Wildman–Crippen LogP) is 1.55. The van der Waals surface area contributed by atoms with E-state index >= 15 is 0 Å². The molecular weight excluding hydrogens is 238 g/mol. The Hall–Kier alpha value is -1.68. The number of hydrogen-bond donors (Lipinski definition) is 1. The lowest BCUT2D eigenvalue weighted by molar-refractivity contribution is 0.311. The molecule has 1 fully saturated rings. The molecule has 1 saturated heterocycles. The first-order valence-electron chi connectivity index (χ1n) is 6.71. The molecule has 1 aromatic carbocycles. The smallest absolute Gasteiger partial charge is 0.143 e. The van der Waals surface area contributed by atoms with E-state index in [0.29, 0.717) is 6.61 Å². The van der Waals surface area contributed by atoms with Gasteiger partial charge >= 0.3 is 0 Å². The Morgan fingerprint density at radius 3 is 2.68 bits per heavy atom. The van der Waals surface area contributed by atoms with Crippen molar-refractivity contribution in [2.75, 3.05) is 51.8 Å². The van der Waals surface area contributed by atoms with E-state index in [9.17, 15) is 0 Å². The fourth-order valence-corrected chi connectivity index (χ4v) is 2.04. The number of ether oxygens (including phenoxy) is 1. The van der Waals surface area contributed by atoms with Crippen LogP contribution < -0.4 is 15.0 Å². The number of piperazine rings is 1. The largest absolute Gasteiger partial charge is 0.485 e. The Labute approximate surface area is 115 Å². The van der Waals surface area contributed by atoms with E-state index in [1.807, 2.05) is 31.1 Å². The number of para-hydroxylation sites is 2. The van der Waals surface area contributed by atoms with E-state index in [0.717, 1.165) is 37.6 Å². The second kappa shape index (κ2) is 6.48. The average molecular weight is 261 g/mol. The molecule has 4 heteroatoms. The van der Waals surface area contributed by atoms with E-state index in [1.54, 1.807) is 0 Å². The average Bonchev–Trinajstić information content (AvgIpc) is 2.46. The number of benzene rings is 1. The van der Waals surface area contributed by atoms with Crippen LogP contribution in [0.3, 0.4) is 0 Å². The van der Waals surface area contributed by atoms with Crippen LogP contribution in [0.4, 0.5) is 5.69 Å². The third kappa shape index (κ3) is 3.64. The van der Waals surface area contributed by atoms with Gasteiger partial charge in [-0.05, 0) is 12.1 Å². The van der Waals surface area contributed by atoms with Crippen LogP contribution in [0.15, 0.2) is 36.5 Å². The molecule has 1 aliphatic heterocycles. The summed E-state index contributed by atoms with van der Waals surface area (Å²) >= 11 is 0. The summed E-state index contributed by atoms with van der Waals surface area (Å²) in [5, 5.41) is 3.37. The van der Waals surface area contributed by atoms with Crippen molar-refractivity contribution in [1.82, 2.24) is 10.2 Å². The second-order valence-corrected chi connectivity index (χ2v) is 4.95. The topological polar surface area (TPSA) is 27.7 Å². The van der Waals surface area contributed by atoms with Crippen molar-refractivity contribution in [3.8, 4) is 5.75 Å². The zero-order valence-electron chi connectivity index (χ0n) is 11.9. The predicted molar refractivity (Wildman–Crippen MR) is 79.8 cm³/mol. The van der Waals surface area contributed by atoms with Gasteiger partial charge < -0.3 is 19.9 Å². The highest BCUT2D eigenvalue weighted by atomic mass is 16.5. The summed E-state index contributed by atoms with van der Waals surface area (Å²) in [4.78, 5) is 4.34. The van der Waals surface area contributed by atoms with E-state index < -0.39 is 0 Å². The lowest BCUT2D eigenvalue weighted by atomic mass is 10.2. The molecule has 0 aliphatic carbocycles. The zero-order valence-corrected chi connectivity index (χ0v) is 11.9. The van der Waals surface area contributed by atoms with Gasteiger partial charge in [-0.1, -0.05) is 18.7 Å². The Balaban J connectivity index is 2.05. The van der Waals surface area contributed by atoms with Gasteiger partial charge in [0.25, 0.3) is 0 Å². The second-order valence-electron chi connectivity index (χ2n) is 4.95. The third-order valence-corrected chi connectivity index (χ3v) is 3.35. The van der Waals surface area contributed by atoms with Gasteiger partial charge in [-0.25, -0.2) is 0 Å². The SMILES string of the molecule is C=C(COc1ccccc1N1CCNCC1)N(C)C. The maximum absolute atomic E-state index is 5.91. The number of hydrogen-bond acceptors (Lipinski definition) is 4. The quantitative estimate of drug-likeness (QED) is 0.870. The molecule has 2 rings (SSSR count). The Bertz CT molecular complexity index is 425. The summed E-state index contributed by atoms with van der Waals surface area (Å²) in [6, 6.07) is 8.23. The first kappa shape index (κ1) is 13.7. The molecule has 0 radical (unpaired) electrons. The van der Waals surface area contributed by atoms with Crippen LogP contribution in [0.25, 0.3) is 0 Å². The van der Waals surface area contributed by atoms with Crippen molar-refractivity contribution < 1.29 is 4.74 Å². The van der Waals surface area contributed by atoms with Crippen molar-refractivity contribution in [3.63, 3.8) is 0 Å². The van der Waals surface area contributed by atoms with Gasteiger partial charge in [-0.15, -0.1) is 0 Å². The minimum Gasteiger partial charge on any atom is -0.485 e. The fourth-order valence-electron chi connectivity index (χ4n) is 2.04. The van der Waals surface area contributed by atoms with Gasteiger partial charge in [0.2, 0.25) is 0 Å². The summed E-state index contributed by atoms with van der Waals surface area (Å²) < 4.78 is 5.91. The molecule has 0 amide bonds. The minimum atomic E-state index is 0.524. The van der Waals surface area contributed by atoms with E-state index in [1.165, 1.54) is 5.69 Å². The normalized spacial score (nSPS) is 15.2. The van der Waals surface area contributed by atoms with Crippen molar-refractivity contribution in [2.45, 2.75) is 0 Å². The summed E-state index contributed by atoms with van der Waals surface area (Å²) in [7, 11) is 3.96. The molecule has 0 unspecified atom stereocenters. The number of nitrogens with one attached hydrogen (secondary N) is 1. The molecule has 0 atom stereocenters. The van der Waals surface area contributed by atoms with Gasteiger partial charge in [0.05, 0.1) is 5.69 Å². The molecular formula is C15H23N3O. The fraction of sp³-hybridized carbons (Fsp3) is 0.467. The molecule has 19 heavy (non-hydrogen) atoms. The minimum absolute atomic E-state index is 0.524. The summed E-state index contributed by atoms with van der Waals surface area (Å²) in [6.45, 7) is 8.61. The zero-order chi connectivity index (χ0) is 13.7. The molecule has 0 aromatic heterocycles. The number of likely N-dealkylation sites (N-methyl/N-ethyl adjacent to an activating group) is 1. The molecule has 0 saturated carbocycles. The Kier molecular flexibility index (Phi) is 4.68. The molecule has 104 valence electrons. The van der Waals surface area contributed by atoms with Gasteiger partial charge in [0.1, 0.15) is 12.4 Å². The summed E-state index contributed by atoms with van der Waals surface area (Å²) in [5.74, 6) is 0.937. The van der Waals surface area contributed by atoms with Gasteiger partial charge in [0.15, 0.2) is 0 Å². The van der Waals surface area contributed by atoms with Crippen LogP contribution >= 0.6 is 0 Å². The third-order valence-electron chi connectivity index (χ3n) is 3.35. The van der Waals surface area contributed by atoms with Crippen molar-refractivity contribution in [3.05, 3.63) is 36.5 Å². The number of nitrogens with zero attached hydrogens (tertiary/aromatic N) is 2. The maximum Gasteiger partial charge on any atom is 0.143 e. The van der Waals surface area contributed by atoms with Crippen LogP contribution in [-0.2, 0) is 0 Å². The van der Waals surface area contributed by atoms with Crippen molar-refractivity contribution in [2.24, 2.45) is 0 Å². The van der Waals surface area contributed by atoms with Gasteiger partial charge in [0, 0.05) is 46.0 Å². The van der Waals surface area contributed by atoms with E-state index in [4.69, 9.17) is 4.74 Å². The molecule has 1 N–H and O–H groups in total. The van der Waals surface area contributed by atoms with E-state index in [2.05, 4.69) is 28.9 Å². The van der Waals surface area contributed by atoms with Crippen LogP contribution in [0.1, 0.15) is 0 Å². The Morgan fingerprint density at radius 1 is 1.32 bits per heavy atom. The van der Waals surface area contributed by atoms with Crippen LogP contribution in [-0.4, -0.2) is 51.8 Å². The lowest BCUT2D eigenvalue weighted by Gasteiger charge is -2.31. The van der Waals surface area contributed by atoms with Crippen molar-refractivity contribution in [1.29, 1.82) is 0 Å². The van der Waals surface area contributed by atoms with Gasteiger partial charge in [-0.2, -0.15) is 0 Å². The highest BCUT2D eigenvalue weighted by Gasteiger charge is 2.14. The summed E-state index contributed by atoms with van der Waals surface area (Å²) in [6.07, 6.45) is 0. The highest BCUT2D eigenvalue weighted by molar-refractivity contribution is 5.58.